The highest BCUT2D eigenvalue weighted by Crippen LogP contribution is 2.27. The third-order valence-electron chi connectivity index (χ3n) is 3.42. The van der Waals surface area contributed by atoms with Gasteiger partial charge in [0.15, 0.2) is 0 Å². The molecule has 1 unspecified atom stereocenters. The van der Waals surface area contributed by atoms with Crippen molar-refractivity contribution in [3.63, 3.8) is 0 Å². The second-order valence-corrected chi connectivity index (χ2v) is 5.78. The van der Waals surface area contributed by atoms with E-state index in [0.717, 1.165) is 38.0 Å². The van der Waals surface area contributed by atoms with Gasteiger partial charge in [-0.1, -0.05) is 19.4 Å². The molecule has 5 nitrogen and oxygen atoms in total. The number of aromatic nitrogens is 2. The van der Waals surface area contributed by atoms with Gasteiger partial charge in [-0.15, -0.1) is 4.37 Å². The summed E-state index contributed by atoms with van der Waals surface area (Å²) in [5, 5.41) is 9.70. The summed E-state index contributed by atoms with van der Waals surface area (Å²) >= 11 is 1.18. The number of rotatable bonds is 7. The molecule has 0 aliphatic carbocycles. The monoisotopic (exact) mass is 297 g/mol. The molecule has 1 aliphatic heterocycles. The van der Waals surface area contributed by atoms with Crippen molar-refractivity contribution in [3.05, 3.63) is 11.8 Å². The summed E-state index contributed by atoms with van der Waals surface area (Å²) in [4.78, 5) is 2.27. The minimum Gasteiger partial charge on any atom is -0.475 e. The average Bonchev–Trinajstić information content (AvgIpc) is 2.87. The van der Waals surface area contributed by atoms with Crippen LogP contribution in [0.4, 0.5) is 0 Å². The van der Waals surface area contributed by atoms with Gasteiger partial charge in [0, 0.05) is 19.5 Å². The van der Waals surface area contributed by atoms with Gasteiger partial charge in [0.05, 0.1) is 24.4 Å². The van der Waals surface area contributed by atoms with E-state index in [1.54, 1.807) is 0 Å². The van der Waals surface area contributed by atoms with Crippen LogP contribution >= 0.6 is 11.7 Å². The summed E-state index contributed by atoms with van der Waals surface area (Å²) in [5.74, 6) is 0.611. The van der Waals surface area contributed by atoms with E-state index < -0.39 is 0 Å². The van der Waals surface area contributed by atoms with Crippen LogP contribution in [0.2, 0.25) is 0 Å². The van der Waals surface area contributed by atoms with Crippen molar-refractivity contribution in [1.29, 1.82) is 0 Å². The molecule has 0 radical (unpaired) electrons. The lowest BCUT2D eigenvalue weighted by molar-refractivity contribution is 0.129. The van der Waals surface area contributed by atoms with Crippen molar-refractivity contribution in [2.75, 3.05) is 26.7 Å². The molecule has 1 aliphatic rings. The quantitative estimate of drug-likeness (QED) is 0.836. The van der Waals surface area contributed by atoms with Crippen LogP contribution in [0.5, 0.6) is 5.88 Å². The first-order valence-corrected chi connectivity index (χ1v) is 7.95. The zero-order valence-electron chi connectivity index (χ0n) is 12.2. The standard InChI is InChI=1S/C14H23N3O2S/c1-3-5-12(18)7-9-19-14-13(15-20-16-14)11-6-4-8-17(2)10-11/h6,12,18H,3-5,7-10H2,1-2H3. The third kappa shape index (κ3) is 4.26. The number of aliphatic hydroxyl groups is 1. The SMILES string of the molecule is CCCC(O)CCOc1nsnc1C1=CCCN(C)C1. The molecule has 1 aromatic rings. The van der Waals surface area contributed by atoms with Crippen LogP contribution in [0.1, 0.15) is 38.3 Å². The number of hydrogen-bond acceptors (Lipinski definition) is 6. The number of aliphatic hydroxyl groups excluding tert-OH is 1. The van der Waals surface area contributed by atoms with Crippen LogP contribution in [-0.2, 0) is 0 Å². The number of hydrogen-bond donors (Lipinski definition) is 1. The number of nitrogens with zero attached hydrogens (tertiary/aromatic N) is 3. The summed E-state index contributed by atoms with van der Waals surface area (Å²) in [6, 6.07) is 0. The van der Waals surface area contributed by atoms with Crippen molar-refractivity contribution in [1.82, 2.24) is 13.6 Å². The second-order valence-electron chi connectivity index (χ2n) is 5.25. The van der Waals surface area contributed by atoms with Gasteiger partial charge in [0.2, 0.25) is 0 Å². The first-order valence-electron chi connectivity index (χ1n) is 7.22. The molecule has 20 heavy (non-hydrogen) atoms. The maximum Gasteiger partial charge on any atom is 0.253 e. The molecule has 6 heteroatoms. The molecule has 2 rings (SSSR count). The molecule has 1 atom stereocenters. The highest BCUT2D eigenvalue weighted by atomic mass is 32.1. The van der Waals surface area contributed by atoms with E-state index in [9.17, 15) is 5.11 Å². The van der Waals surface area contributed by atoms with E-state index in [1.807, 2.05) is 0 Å². The van der Waals surface area contributed by atoms with Gasteiger partial charge in [-0.3, -0.25) is 0 Å². The summed E-state index contributed by atoms with van der Waals surface area (Å²) in [7, 11) is 2.11. The summed E-state index contributed by atoms with van der Waals surface area (Å²) < 4.78 is 14.3. The number of likely N-dealkylation sites (N-methyl/N-ethyl adjacent to an activating group) is 1. The Morgan fingerprint density at radius 2 is 2.30 bits per heavy atom. The van der Waals surface area contributed by atoms with Crippen molar-refractivity contribution >= 4 is 17.3 Å². The van der Waals surface area contributed by atoms with Crippen LogP contribution in [-0.4, -0.2) is 51.6 Å². The molecule has 112 valence electrons. The number of ether oxygens (including phenoxy) is 1. The lowest BCUT2D eigenvalue weighted by Gasteiger charge is -2.22. The zero-order valence-corrected chi connectivity index (χ0v) is 13.0. The summed E-state index contributed by atoms with van der Waals surface area (Å²) in [6.07, 6.45) is 5.43. The molecular formula is C14H23N3O2S. The smallest absolute Gasteiger partial charge is 0.253 e. The van der Waals surface area contributed by atoms with Gasteiger partial charge in [0.1, 0.15) is 5.69 Å². The third-order valence-corrected chi connectivity index (χ3v) is 3.93. The Bertz CT molecular complexity index is 447. The second kappa shape index (κ2) is 7.71. The minimum absolute atomic E-state index is 0.282. The van der Waals surface area contributed by atoms with Gasteiger partial charge >= 0.3 is 0 Å². The Balaban J connectivity index is 1.90. The molecule has 0 bridgehead atoms. The Morgan fingerprint density at radius 3 is 3.05 bits per heavy atom. The Labute approximate surface area is 124 Å². The van der Waals surface area contributed by atoms with Crippen LogP contribution in [0, 0.1) is 0 Å². The Kier molecular flexibility index (Phi) is 5.94. The minimum atomic E-state index is -0.282. The molecule has 0 fully saturated rings. The molecule has 1 aromatic heterocycles. The van der Waals surface area contributed by atoms with Crippen molar-refractivity contribution in [2.24, 2.45) is 0 Å². The largest absolute Gasteiger partial charge is 0.475 e. The first-order chi connectivity index (χ1) is 9.70. The molecule has 1 N–H and O–H groups in total. The highest BCUT2D eigenvalue weighted by Gasteiger charge is 2.18. The van der Waals surface area contributed by atoms with Gasteiger partial charge in [-0.25, -0.2) is 0 Å². The van der Waals surface area contributed by atoms with E-state index in [2.05, 4.69) is 33.7 Å². The fourth-order valence-electron chi connectivity index (χ4n) is 2.31. The van der Waals surface area contributed by atoms with Crippen LogP contribution in [0.3, 0.4) is 0 Å². The maximum absolute atomic E-state index is 9.70. The Morgan fingerprint density at radius 1 is 1.45 bits per heavy atom. The molecule has 0 saturated heterocycles. The maximum atomic E-state index is 9.70. The molecule has 0 saturated carbocycles. The van der Waals surface area contributed by atoms with E-state index in [-0.39, 0.29) is 6.10 Å². The zero-order chi connectivity index (χ0) is 14.4. The van der Waals surface area contributed by atoms with E-state index in [4.69, 9.17) is 4.74 Å². The van der Waals surface area contributed by atoms with Crippen molar-refractivity contribution < 1.29 is 9.84 Å². The summed E-state index contributed by atoms with van der Waals surface area (Å²) in [6.45, 7) is 4.53. The molecule has 0 aromatic carbocycles. The van der Waals surface area contributed by atoms with Crippen LogP contribution in [0.15, 0.2) is 6.08 Å². The van der Waals surface area contributed by atoms with Gasteiger partial charge < -0.3 is 14.7 Å². The first kappa shape index (κ1) is 15.4. The lowest BCUT2D eigenvalue weighted by atomic mass is 10.1. The fourth-order valence-corrected chi connectivity index (χ4v) is 2.84. The topological polar surface area (TPSA) is 58.5 Å². The van der Waals surface area contributed by atoms with Crippen molar-refractivity contribution in [3.8, 4) is 5.88 Å². The molecule has 0 amide bonds. The van der Waals surface area contributed by atoms with E-state index in [1.165, 1.54) is 17.3 Å². The Hall–Kier alpha value is -0.980. The van der Waals surface area contributed by atoms with Crippen LogP contribution < -0.4 is 4.74 Å². The van der Waals surface area contributed by atoms with E-state index in [0.29, 0.717) is 18.9 Å². The predicted molar refractivity (Wildman–Crippen MR) is 81.0 cm³/mol. The lowest BCUT2D eigenvalue weighted by Crippen LogP contribution is -2.25. The van der Waals surface area contributed by atoms with E-state index >= 15 is 0 Å². The predicted octanol–water partition coefficient (Wildman–Crippen LogP) is 2.19. The normalized spacial score (nSPS) is 17.9. The van der Waals surface area contributed by atoms with Gasteiger partial charge in [0.25, 0.3) is 5.88 Å². The fraction of sp³-hybridized carbons (Fsp3) is 0.714. The molecule has 0 spiro atoms. The van der Waals surface area contributed by atoms with Crippen molar-refractivity contribution in [2.45, 2.75) is 38.7 Å². The van der Waals surface area contributed by atoms with Crippen LogP contribution in [0.25, 0.3) is 5.57 Å². The van der Waals surface area contributed by atoms with Gasteiger partial charge in [-0.05, 0) is 25.5 Å². The highest BCUT2D eigenvalue weighted by molar-refractivity contribution is 6.99. The molecule has 2 heterocycles. The average molecular weight is 297 g/mol. The molecular weight excluding hydrogens is 274 g/mol. The summed E-state index contributed by atoms with van der Waals surface area (Å²) in [5.41, 5.74) is 2.06. The van der Waals surface area contributed by atoms with Gasteiger partial charge in [-0.2, -0.15) is 4.37 Å².